The van der Waals surface area contributed by atoms with Crippen molar-refractivity contribution in [3.05, 3.63) is 39.7 Å². The lowest BCUT2D eigenvalue weighted by Crippen LogP contribution is -2.61. The first-order valence-electron chi connectivity index (χ1n) is 10.7. The van der Waals surface area contributed by atoms with E-state index in [1.807, 2.05) is 7.05 Å². The summed E-state index contributed by atoms with van der Waals surface area (Å²) >= 11 is 6.61. The zero-order valence-electron chi connectivity index (χ0n) is 18.4. The number of carbonyl (C=O) groups excluding carboxylic acids is 3. The van der Waals surface area contributed by atoms with Crippen LogP contribution in [-0.2, 0) is 22.6 Å². The summed E-state index contributed by atoms with van der Waals surface area (Å²) in [5.41, 5.74) is 0.952. The fraction of sp³-hybridized carbons (Fsp3) is 0.429. The molecule has 0 saturated carbocycles. The normalized spacial score (nSPS) is 20.2. The van der Waals surface area contributed by atoms with Crippen molar-refractivity contribution in [2.24, 2.45) is 0 Å². The van der Waals surface area contributed by atoms with Crippen LogP contribution < -0.4 is 16.0 Å². The van der Waals surface area contributed by atoms with Gasteiger partial charge in [0.2, 0.25) is 6.41 Å². The second-order valence-electron chi connectivity index (χ2n) is 8.24. The maximum atomic E-state index is 13.0. The van der Waals surface area contributed by atoms with Crippen LogP contribution in [0.25, 0.3) is 0 Å². The van der Waals surface area contributed by atoms with Gasteiger partial charge in [0.1, 0.15) is 11.6 Å². The Morgan fingerprint density at radius 2 is 2.09 bits per heavy atom. The van der Waals surface area contributed by atoms with Gasteiger partial charge in [0.25, 0.3) is 11.8 Å². The van der Waals surface area contributed by atoms with Crippen molar-refractivity contribution in [2.75, 3.05) is 32.0 Å². The van der Waals surface area contributed by atoms with E-state index in [2.05, 4.69) is 30.8 Å². The highest BCUT2D eigenvalue weighted by Crippen LogP contribution is 2.24. The molecule has 1 saturated heterocycles. The van der Waals surface area contributed by atoms with Crippen molar-refractivity contribution in [2.45, 2.75) is 31.5 Å². The summed E-state index contributed by atoms with van der Waals surface area (Å²) < 4.78 is 13.0. The fourth-order valence-electron chi connectivity index (χ4n) is 3.90. The Labute approximate surface area is 204 Å². The highest BCUT2D eigenvalue weighted by Gasteiger charge is 2.33. The molecule has 3 N–H and O–H groups in total. The number of anilines is 1. The van der Waals surface area contributed by atoms with Crippen LogP contribution in [0, 0.1) is 5.82 Å². The van der Waals surface area contributed by atoms with Gasteiger partial charge in [0, 0.05) is 37.5 Å². The van der Waals surface area contributed by atoms with Crippen LogP contribution in [0.15, 0.2) is 18.3 Å². The summed E-state index contributed by atoms with van der Waals surface area (Å²) in [6, 6.07) is 1.64. The molecule has 2 unspecified atom stereocenters. The number of carbonyl (C=O) groups is 3. The lowest BCUT2D eigenvalue weighted by Gasteiger charge is -2.37. The minimum atomic E-state index is -0.603. The van der Waals surface area contributed by atoms with Gasteiger partial charge < -0.3 is 25.8 Å². The van der Waals surface area contributed by atoms with E-state index < -0.39 is 17.8 Å². The van der Waals surface area contributed by atoms with Crippen LogP contribution in [0.3, 0.4) is 0 Å². The lowest BCUT2D eigenvalue weighted by atomic mass is 9.99. The number of hydrogen-bond acceptors (Lipinski definition) is 8. The molecule has 2 atom stereocenters. The Hall–Kier alpha value is -3.03. The second-order valence-corrected chi connectivity index (χ2v) is 9.73. The number of thiocarbonyl (C=S) groups is 1. The van der Waals surface area contributed by atoms with Crippen LogP contribution in [-0.4, -0.2) is 81.7 Å². The number of nitrogens with one attached hydrogen (secondary N) is 3. The second kappa shape index (κ2) is 10.5. The van der Waals surface area contributed by atoms with Gasteiger partial charge in [-0.25, -0.2) is 14.4 Å². The maximum absolute atomic E-state index is 13.0. The zero-order chi connectivity index (χ0) is 24.2. The third-order valence-electron chi connectivity index (χ3n) is 5.72. The van der Waals surface area contributed by atoms with Crippen molar-refractivity contribution in [3.63, 3.8) is 0 Å². The van der Waals surface area contributed by atoms with E-state index in [-0.39, 0.29) is 29.3 Å². The van der Waals surface area contributed by atoms with Gasteiger partial charge in [0.05, 0.1) is 24.0 Å². The molecule has 0 spiro atoms. The quantitative estimate of drug-likeness (QED) is 0.398. The molecule has 2 aliphatic heterocycles. The Kier molecular flexibility index (Phi) is 7.44. The summed E-state index contributed by atoms with van der Waals surface area (Å²) in [7, 11) is 2.03. The number of thiazole rings is 1. The number of hydrogen-bond donors (Lipinski definition) is 3. The SMILES string of the molecule is CN1CCc2nc(C(=O)NC3CN(C=O)CCC3NC(=S)C(=O)Nc3ccc(F)cn3)sc2C1. The minimum Gasteiger partial charge on any atom is -0.367 e. The van der Waals surface area contributed by atoms with Crippen LogP contribution in [0.4, 0.5) is 10.2 Å². The lowest BCUT2D eigenvalue weighted by molar-refractivity contribution is -0.119. The molecule has 10 nitrogen and oxygen atoms in total. The van der Waals surface area contributed by atoms with Crippen LogP contribution in [0.1, 0.15) is 26.8 Å². The molecule has 4 rings (SSSR count). The number of likely N-dealkylation sites (N-methyl/N-ethyl adjacent to an activating group) is 1. The van der Waals surface area contributed by atoms with E-state index in [0.717, 1.165) is 42.7 Å². The average molecular weight is 506 g/mol. The van der Waals surface area contributed by atoms with Crippen molar-refractivity contribution in [3.8, 4) is 0 Å². The molecule has 180 valence electrons. The first-order valence-corrected chi connectivity index (χ1v) is 12.0. The molecular weight excluding hydrogens is 481 g/mol. The van der Waals surface area contributed by atoms with E-state index in [0.29, 0.717) is 18.0 Å². The van der Waals surface area contributed by atoms with E-state index in [1.54, 1.807) is 4.90 Å². The summed E-state index contributed by atoms with van der Waals surface area (Å²) in [6.07, 6.45) is 3.00. The first kappa shape index (κ1) is 24.1. The minimum absolute atomic E-state index is 0.0947. The van der Waals surface area contributed by atoms with Gasteiger partial charge in [-0.2, -0.15) is 0 Å². The standard InChI is InChI=1S/C21H24FN7O3S2/c1-28-6-4-14-16(10-28)34-21(26-14)19(32)24-15-9-29(11-30)7-5-13(15)25-20(33)18(31)27-17-3-2-12(22)8-23-17/h2-3,8,11,13,15H,4-7,9-10H2,1H3,(H,24,32)(H,25,33)(H,23,27,31). The molecule has 3 amide bonds. The third kappa shape index (κ3) is 5.72. The summed E-state index contributed by atoms with van der Waals surface area (Å²) in [4.78, 5) is 49.8. The number of amides is 3. The Morgan fingerprint density at radius 1 is 1.26 bits per heavy atom. The van der Waals surface area contributed by atoms with E-state index >= 15 is 0 Å². The number of halogens is 1. The van der Waals surface area contributed by atoms with Gasteiger partial charge in [-0.3, -0.25) is 14.4 Å². The van der Waals surface area contributed by atoms with Crippen LogP contribution in [0.5, 0.6) is 0 Å². The van der Waals surface area contributed by atoms with Gasteiger partial charge in [0.15, 0.2) is 10.00 Å². The molecule has 0 aliphatic carbocycles. The summed E-state index contributed by atoms with van der Waals surface area (Å²) in [5, 5.41) is 8.83. The van der Waals surface area contributed by atoms with Gasteiger partial charge >= 0.3 is 0 Å². The molecule has 2 aliphatic rings. The zero-order valence-corrected chi connectivity index (χ0v) is 20.0. The van der Waals surface area contributed by atoms with Crippen molar-refractivity contribution < 1.29 is 18.8 Å². The molecule has 0 bridgehead atoms. The molecular formula is C21H24FN7O3S2. The average Bonchev–Trinajstić information content (AvgIpc) is 3.25. The van der Waals surface area contributed by atoms with Crippen LogP contribution >= 0.6 is 23.6 Å². The van der Waals surface area contributed by atoms with E-state index in [4.69, 9.17) is 12.2 Å². The largest absolute Gasteiger partial charge is 0.367 e. The predicted octanol–water partition coefficient (Wildman–Crippen LogP) is 0.550. The van der Waals surface area contributed by atoms with Crippen LogP contribution in [0.2, 0.25) is 0 Å². The smallest absolute Gasteiger partial charge is 0.284 e. The number of aromatic nitrogens is 2. The number of piperidine rings is 1. The predicted molar refractivity (Wildman–Crippen MR) is 128 cm³/mol. The molecule has 13 heteroatoms. The Morgan fingerprint density at radius 3 is 2.82 bits per heavy atom. The van der Waals surface area contributed by atoms with Crippen molar-refractivity contribution >= 4 is 52.6 Å². The number of nitrogens with zero attached hydrogens (tertiary/aromatic N) is 4. The number of pyridine rings is 1. The molecule has 2 aromatic rings. The van der Waals surface area contributed by atoms with Crippen molar-refractivity contribution in [1.29, 1.82) is 0 Å². The summed E-state index contributed by atoms with van der Waals surface area (Å²) in [5.74, 6) is -1.28. The molecule has 4 heterocycles. The first-order chi connectivity index (χ1) is 16.3. The number of likely N-dealkylation sites (tertiary alicyclic amines) is 1. The molecule has 0 aromatic carbocycles. The molecule has 0 radical (unpaired) electrons. The van der Waals surface area contributed by atoms with Gasteiger partial charge in [-0.1, -0.05) is 12.2 Å². The summed E-state index contributed by atoms with van der Waals surface area (Å²) in [6.45, 7) is 2.38. The Balaban J connectivity index is 1.41. The third-order valence-corrected chi connectivity index (χ3v) is 7.10. The van der Waals surface area contributed by atoms with Gasteiger partial charge in [-0.05, 0) is 25.6 Å². The molecule has 1 fully saturated rings. The topological polar surface area (TPSA) is 120 Å². The highest BCUT2D eigenvalue weighted by atomic mass is 32.1. The molecule has 34 heavy (non-hydrogen) atoms. The maximum Gasteiger partial charge on any atom is 0.284 e. The monoisotopic (exact) mass is 505 g/mol. The highest BCUT2D eigenvalue weighted by molar-refractivity contribution is 7.82. The number of fused-ring (bicyclic) bond motifs is 1. The fourth-order valence-corrected chi connectivity index (χ4v) is 5.19. The van der Waals surface area contributed by atoms with Gasteiger partial charge in [-0.15, -0.1) is 11.3 Å². The van der Waals surface area contributed by atoms with Crippen molar-refractivity contribution in [1.82, 2.24) is 30.4 Å². The van der Waals surface area contributed by atoms with E-state index in [9.17, 15) is 18.8 Å². The Bertz CT molecular complexity index is 1090. The molecule has 2 aromatic heterocycles. The number of rotatable bonds is 5. The van der Waals surface area contributed by atoms with E-state index in [1.165, 1.54) is 23.5 Å².